The first kappa shape index (κ1) is 20.6. The summed E-state index contributed by atoms with van der Waals surface area (Å²) < 4.78 is 15.9. The topological polar surface area (TPSA) is 89.3 Å². The molecule has 0 radical (unpaired) electrons. The smallest absolute Gasteiger partial charge is 0.255 e. The maximum Gasteiger partial charge on any atom is 0.255 e. The van der Waals surface area contributed by atoms with Crippen LogP contribution in [0.1, 0.15) is 10.4 Å². The Hall–Kier alpha value is -3.13. The number of nitrogens with one attached hydrogen (secondary N) is 1. The van der Waals surface area contributed by atoms with Gasteiger partial charge in [0.1, 0.15) is 0 Å². The van der Waals surface area contributed by atoms with Gasteiger partial charge in [0.2, 0.25) is 5.75 Å². The zero-order valence-electron chi connectivity index (χ0n) is 17.3. The maximum atomic E-state index is 12.8. The van der Waals surface area contributed by atoms with Crippen LogP contribution in [-0.2, 0) is 0 Å². The van der Waals surface area contributed by atoms with E-state index in [1.165, 1.54) is 21.3 Å². The number of methoxy groups -OCH3 is 3. The number of nitrogens with zero attached hydrogens (tertiary/aromatic N) is 2. The summed E-state index contributed by atoms with van der Waals surface area (Å²) in [4.78, 5) is 17.3. The Balaban J connectivity index is 1.78. The molecule has 2 aromatic carbocycles. The number of likely N-dealkylation sites (N-methyl/N-ethyl adjacent to an activating group) is 1. The molecule has 8 heteroatoms. The lowest BCUT2D eigenvalue weighted by molar-refractivity contribution is 0.102. The number of anilines is 3. The van der Waals surface area contributed by atoms with Gasteiger partial charge in [-0.1, -0.05) is 0 Å². The number of nitrogen functional groups attached to an aromatic ring is 1. The van der Waals surface area contributed by atoms with E-state index in [4.69, 9.17) is 19.9 Å². The molecule has 0 atom stereocenters. The van der Waals surface area contributed by atoms with Gasteiger partial charge in [0, 0.05) is 37.4 Å². The highest BCUT2D eigenvalue weighted by Crippen LogP contribution is 2.38. The van der Waals surface area contributed by atoms with Crippen LogP contribution in [0.3, 0.4) is 0 Å². The summed E-state index contributed by atoms with van der Waals surface area (Å²) >= 11 is 0. The number of carbonyl (C=O) groups is 1. The number of piperazine rings is 1. The van der Waals surface area contributed by atoms with E-state index >= 15 is 0 Å². The Bertz CT molecular complexity index is 854. The van der Waals surface area contributed by atoms with Crippen molar-refractivity contribution in [3.63, 3.8) is 0 Å². The molecule has 1 aliphatic rings. The maximum absolute atomic E-state index is 12.8. The second-order valence-corrected chi connectivity index (χ2v) is 6.93. The predicted octanol–water partition coefficient (Wildman–Crippen LogP) is 2.30. The van der Waals surface area contributed by atoms with Crippen LogP contribution in [0.25, 0.3) is 0 Å². The van der Waals surface area contributed by atoms with Crippen molar-refractivity contribution in [2.75, 3.05) is 70.5 Å². The van der Waals surface area contributed by atoms with Crippen LogP contribution in [0.4, 0.5) is 17.1 Å². The molecular weight excluding hydrogens is 372 g/mol. The van der Waals surface area contributed by atoms with Crippen molar-refractivity contribution in [1.29, 1.82) is 0 Å². The van der Waals surface area contributed by atoms with E-state index in [2.05, 4.69) is 22.2 Å². The monoisotopic (exact) mass is 400 g/mol. The minimum absolute atomic E-state index is 0.295. The minimum atomic E-state index is -0.295. The largest absolute Gasteiger partial charge is 0.493 e. The molecule has 1 heterocycles. The van der Waals surface area contributed by atoms with Gasteiger partial charge in [-0.25, -0.2) is 0 Å². The Kier molecular flexibility index (Phi) is 6.33. The summed E-state index contributed by atoms with van der Waals surface area (Å²) in [7, 11) is 6.65. The lowest BCUT2D eigenvalue weighted by Crippen LogP contribution is -2.44. The summed E-state index contributed by atoms with van der Waals surface area (Å²) in [6, 6.07) is 8.81. The Morgan fingerprint density at radius 3 is 2.10 bits per heavy atom. The van der Waals surface area contributed by atoms with E-state index in [0.29, 0.717) is 34.2 Å². The van der Waals surface area contributed by atoms with Gasteiger partial charge in [-0.15, -0.1) is 0 Å². The summed E-state index contributed by atoms with van der Waals surface area (Å²) in [5.74, 6) is 0.979. The lowest BCUT2D eigenvalue weighted by Gasteiger charge is -2.34. The molecular formula is C21H28N4O4. The van der Waals surface area contributed by atoms with Crippen molar-refractivity contribution in [2.45, 2.75) is 0 Å². The number of carbonyl (C=O) groups excluding carboxylic acids is 1. The summed E-state index contributed by atoms with van der Waals surface area (Å²) in [5.41, 5.74) is 8.91. The number of amides is 1. The summed E-state index contributed by atoms with van der Waals surface area (Å²) in [6.07, 6.45) is 0. The molecule has 1 saturated heterocycles. The molecule has 0 spiro atoms. The molecule has 3 rings (SSSR count). The SMILES string of the molecule is COc1cc(C(=O)Nc2ccc(N3CCN(C)CC3)c(N)c2)cc(OC)c1OC. The molecule has 156 valence electrons. The predicted molar refractivity (Wildman–Crippen MR) is 115 cm³/mol. The fraction of sp³-hybridized carbons (Fsp3) is 0.381. The van der Waals surface area contributed by atoms with Crippen LogP contribution < -0.4 is 30.2 Å². The van der Waals surface area contributed by atoms with Gasteiger partial charge < -0.3 is 35.1 Å². The molecule has 1 amide bonds. The van der Waals surface area contributed by atoms with Gasteiger partial charge in [-0.3, -0.25) is 4.79 Å². The number of nitrogens with two attached hydrogens (primary N) is 1. The summed E-state index contributed by atoms with van der Waals surface area (Å²) in [5, 5.41) is 2.88. The van der Waals surface area contributed by atoms with Gasteiger partial charge >= 0.3 is 0 Å². The number of benzene rings is 2. The fourth-order valence-electron chi connectivity index (χ4n) is 3.38. The van der Waals surface area contributed by atoms with Crippen LogP contribution in [0.2, 0.25) is 0 Å². The first-order valence-corrected chi connectivity index (χ1v) is 9.41. The van der Waals surface area contributed by atoms with Crippen LogP contribution in [0.15, 0.2) is 30.3 Å². The van der Waals surface area contributed by atoms with E-state index in [1.807, 2.05) is 12.1 Å². The average molecular weight is 400 g/mol. The van der Waals surface area contributed by atoms with Crippen molar-refractivity contribution in [2.24, 2.45) is 0 Å². The fourth-order valence-corrected chi connectivity index (χ4v) is 3.38. The van der Waals surface area contributed by atoms with Crippen molar-refractivity contribution >= 4 is 23.0 Å². The van der Waals surface area contributed by atoms with Crippen molar-refractivity contribution < 1.29 is 19.0 Å². The average Bonchev–Trinajstić information content (AvgIpc) is 2.73. The Morgan fingerprint density at radius 2 is 1.59 bits per heavy atom. The first-order chi connectivity index (χ1) is 14.0. The third-order valence-corrected chi connectivity index (χ3v) is 5.06. The number of hydrogen-bond acceptors (Lipinski definition) is 7. The van der Waals surface area contributed by atoms with Gasteiger partial charge in [-0.05, 0) is 37.4 Å². The van der Waals surface area contributed by atoms with Crippen LogP contribution >= 0.6 is 0 Å². The first-order valence-electron chi connectivity index (χ1n) is 9.41. The normalized spacial score (nSPS) is 14.4. The standard InChI is InChI=1S/C21H28N4O4/c1-24-7-9-25(10-8-24)17-6-5-15(13-16(17)22)23-21(26)14-11-18(27-2)20(29-4)19(12-14)28-3/h5-6,11-13H,7-10,22H2,1-4H3,(H,23,26). The molecule has 2 aromatic rings. The zero-order chi connectivity index (χ0) is 21.0. The highest BCUT2D eigenvalue weighted by atomic mass is 16.5. The molecule has 1 fully saturated rings. The van der Waals surface area contributed by atoms with Crippen molar-refractivity contribution in [3.05, 3.63) is 35.9 Å². The molecule has 3 N–H and O–H groups in total. The molecule has 1 aliphatic heterocycles. The van der Waals surface area contributed by atoms with Crippen LogP contribution in [-0.4, -0.2) is 65.4 Å². The van der Waals surface area contributed by atoms with Gasteiger partial charge in [-0.2, -0.15) is 0 Å². The molecule has 0 unspecified atom stereocenters. The highest BCUT2D eigenvalue weighted by Gasteiger charge is 2.19. The lowest BCUT2D eigenvalue weighted by atomic mass is 10.1. The third kappa shape index (κ3) is 4.48. The second kappa shape index (κ2) is 8.91. The number of ether oxygens (including phenoxy) is 3. The van der Waals surface area contributed by atoms with E-state index < -0.39 is 0 Å². The second-order valence-electron chi connectivity index (χ2n) is 6.93. The minimum Gasteiger partial charge on any atom is -0.493 e. The van der Waals surface area contributed by atoms with E-state index in [9.17, 15) is 4.79 Å². The molecule has 0 aromatic heterocycles. The van der Waals surface area contributed by atoms with E-state index in [1.54, 1.807) is 18.2 Å². The highest BCUT2D eigenvalue weighted by molar-refractivity contribution is 6.05. The quantitative estimate of drug-likeness (QED) is 0.719. The van der Waals surface area contributed by atoms with E-state index in [0.717, 1.165) is 31.9 Å². The number of rotatable bonds is 6. The Labute approximate surface area is 171 Å². The van der Waals surface area contributed by atoms with Crippen molar-refractivity contribution in [1.82, 2.24) is 4.90 Å². The number of hydrogen-bond donors (Lipinski definition) is 2. The van der Waals surface area contributed by atoms with Gasteiger partial charge in [0.05, 0.1) is 32.7 Å². The Morgan fingerprint density at radius 1 is 0.966 bits per heavy atom. The van der Waals surface area contributed by atoms with Gasteiger partial charge in [0.25, 0.3) is 5.91 Å². The molecule has 0 saturated carbocycles. The zero-order valence-corrected chi connectivity index (χ0v) is 17.3. The molecule has 0 aliphatic carbocycles. The molecule has 8 nitrogen and oxygen atoms in total. The van der Waals surface area contributed by atoms with Crippen molar-refractivity contribution in [3.8, 4) is 17.2 Å². The van der Waals surface area contributed by atoms with Crippen LogP contribution in [0, 0.1) is 0 Å². The van der Waals surface area contributed by atoms with Gasteiger partial charge in [0.15, 0.2) is 11.5 Å². The van der Waals surface area contributed by atoms with Crippen LogP contribution in [0.5, 0.6) is 17.2 Å². The third-order valence-electron chi connectivity index (χ3n) is 5.06. The summed E-state index contributed by atoms with van der Waals surface area (Å²) in [6.45, 7) is 3.85. The molecule has 0 bridgehead atoms. The van der Waals surface area contributed by atoms with E-state index in [-0.39, 0.29) is 5.91 Å². The molecule has 29 heavy (non-hydrogen) atoms.